The number of rotatable bonds is 9. The van der Waals surface area contributed by atoms with Gasteiger partial charge in [-0.2, -0.15) is 0 Å². The van der Waals surface area contributed by atoms with E-state index in [-0.39, 0.29) is 0 Å². The summed E-state index contributed by atoms with van der Waals surface area (Å²) in [6.45, 7) is 13.0. The second kappa shape index (κ2) is 9.90. The summed E-state index contributed by atoms with van der Waals surface area (Å²) < 4.78 is 13.2. The quantitative estimate of drug-likeness (QED) is 0.294. The Bertz CT molecular complexity index is 705. The van der Waals surface area contributed by atoms with Crippen LogP contribution in [0.15, 0.2) is 53.0 Å². The fraction of sp³-hybridized carbons (Fsp3) is 0.478. The van der Waals surface area contributed by atoms with Gasteiger partial charge in [0.2, 0.25) is 0 Å². The molecule has 148 valence electrons. The van der Waals surface area contributed by atoms with Crippen molar-refractivity contribution in [2.24, 2.45) is 0 Å². The Hall–Kier alpha value is -1.10. The molecule has 0 fully saturated rings. The molecule has 2 rings (SSSR count). The van der Waals surface area contributed by atoms with Crippen LogP contribution in [-0.2, 0) is 17.5 Å². The van der Waals surface area contributed by atoms with Gasteiger partial charge in [0.05, 0.1) is 0 Å². The molecular formula is C23H33BrO2Si. The molecule has 0 bridgehead atoms. The van der Waals surface area contributed by atoms with Crippen molar-refractivity contribution in [1.29, 1.82) is 0 Å². The van der Waals surface area contributed by atoms with E-state index in [1.54, 1.807) is 0 Å². The van der Waals surface area contributed by atoms with Crippen molar-refractivity contribution in [3.05, 3.63) is 64.1 Å². The largest absolute Gasteiger partial charge is 0.489 e. The molecule has 0 saturated carbocycles. The lowest BCUT2D eigenvalue weighted by molar-refractivity contribution is 0.279. The molecule has 0 spiro atoms. The van der Waals surface area contributed by atoms with E-state index >= 15 is 0 Å². The van der Waals surface area contributed by atoms with E-state index in [0.29, 0.717) is 11.6 Å². The molecule has 2 nitrogen and oxygen atoms in total. The van der Waals surface area contributed by atoms with Gasteiger partial charge >= 0.3 is 0 Å². The normalized spacial score (nSPS) is 12.2. The second-order valence-corrected chi connectivity index (χ2v) is 14.4. The van der Waals surface area contributed by atoms with Gasteiger partial charge in [0, 0.05) is 11.1 Å². The number of unbranched alkanes of at least 4 members (excludes halogenated alkanes) is 1. The van der Waals surface area contributed by atoms with E-state index in [0.717, 1.165) is 41.7 Å². The first-order valence-corrected chi connectivity index (χ1v) is 13.5. The lowest BCUT2D eigenvalue weighted by Crippen LogP contribution is -2.40. The maximum absolute atomic E-state index is 6.25. The van der Waals surface area contributed by atoms with E-state index in [1.165, 1.54) is 5.56 Å². The van der Waals surface area contributed by atoms with E-state index in [9.17, 15) is 0 Å². The second-order valence-electron chi connectivity index (χ2n) is 8.63. The molecule has 0 N–H and O–H groups in total. The highest BCUT2D eigenvalue weighted by Gasteiger charge is 2.36. The van der Waals surface area contributed by atoms with E-state index in [1.807, 2.05) is 12.1 Å². The molecule has 0 aliphatic rings. The molecule has 0 aliphatic carbocycles. The highest BCUT2D eigenvalue weighted by molar-refractivity contribution is 9.10. The third-order valence-electron chi connectivity index (χ3n) is 5.35. The minimum Gasteiger partial charge on any atom is -0.489 e. The van der Waals surface area contributed by atoms with Crippen LogP contribution in [0.25, 0.3) is 0 Å². The smallest absolute Gasteiger partial charge is 0.191 e. The maximum atomic E-state index is 6.25. The molecule has 0 heterocycles. The molecule has 0 radical (unpaired) electrons. The summed E-state index contributed by atoms with van der Waals surface area (Å²) in [5, 5.41) is 0.290. The standard InChI is InChI=1S/C23H33BrO2Si/c1-23(2,3)27(4,5)26-16-7-6-9-19-12-14-22(15-13-19)25-18-20-10-8-11-21(24)17-20/h8,10-15,17H,6-7,9,16,18H2,1-5H3. The highest BCUT2D eigenvalue weighted by atomic mass is 79.9. The first kappa shape index (κ1) is 22.2. The Balaban J connectivity index is 1.70. The van der Waals surface area contributed by atoms with Crippen LogP contribution in [-0.4, -0.2) is 14.9 Å². The summed E-state index contributed by atoms with van der Waals surface area (Å²) in [6.07, 6.45) is 3.37. The number of halogens is 1. The predicted molar refractivity (Wildman–Crippen MR) is 121 cm³/mol. The maximum Gasteiger partial charge on any atom is 0.191 e. The van der Waals surface area contributed by atoms with Gasteiger partial charge in [-0.3, -0.25) is 0 Å². The fourth-order valence-electron chi connectivity index (χ4n) is 2.52. The Labute approximate surface area is 174 Å². The molecule has 0 aromatic heterocycles. The molecule has 0 amide bonds. The van der Waals surface area contributed by atoms with Crippen molar-refractivity contribution >= 4 is 24.2 Å². The topological polar surface area (TPSA) is 18.5 Å². The van der Waals surface area contributed by atoms with Gasteiger partial charge < -0.3 is 9.16 Å². The predicted octanol–water partition coefficient (Wildman–Crippen LogP) is 7.37. The van der Waals surface area contributed by atoms with Crippen LogP contribution < -0.4 is 4.74 Å². The first-order chi connectivity index (χ1) is 12.7. The molecule has 0 unspecified atom stereocenters. The Morgan fingerprint density at radius 1 is 0.926 bits per heavy atom. The average Bonchev–Trinajstić information content (AvgIpc) is 2.60. The highest BCUT2D eigenvalue weighted by Crippen LogP contribution is 2.36. The summed E-state index contributed by atoms with van der Waals surface area (Å²) in [5.74, 6) is 0.917. The molecule has 27 heavy (non-hydrogen) atoms. The third-order valence-corrected chi connectivity index (χ3v) is 10.4. The van der Waals surface area contributed by atoms with E-state index in [4.69, 9.17) is 9.16 Å². The zero-order chi connectivity index (χ0) is 19.9. The van der Waals surface area contributed by atoms with Gasteiger partial charge in [-0.1, -0.05) is 61.0 Å². The van der Waals surface area contributed by atoms with Crippen LogP contribution in [0.4, 0.5) is 0 Å². The number of aryl methyl sites for hydroxylation is 1. The van der Waals surface area contributed by atoms with Crippen molar-refractivity contribution in [1.82, 2.24) is 0 Å². The SMILES string of the molecule is CC(C)(C)[Si](C)(C)OCCCCc1ccc(OCc2cccc(Br)c2)cc1. The van der Waals surface area contributed by atoms with Crippen LogP contribution in [0.5, 0.6) is 5.75 Å². The van der Waals surface area contributed by atoms with Crippen molar-refractivity contribution in [3.63, 3.8) is 0 Å². The first-order valence-electron chi connectivity index (χ1n) is 9.77. The Kier molecular flexibility index (Phi) is 8.14. The summed E-state index contributed by atoms with van der Waals surface area (Å²) in [7, 11) is -1.60. The van der Waals surface area contributed by atoms with Crippen molar-refractivity contribution in [2.45, 2.75) is 64.8 Å². The number of benzene rings is 2. The molecule has 2 aromatic rings. The fourth-order valence-corrected chi connectivity index (χ4v) is 4.06. The van der Waals surface area contributed by atoms with E-state index in [2.05, 4.69) is 86.2 Å². The summed E-state index contributed by atoms with van der Waals surface area (Å²) in [4.78, 5) is 0. The summed E-state index contributed by atoms with van der Waals surface area (Å²) >= 11 is 3.49. The van der Waals surface area contributed by atoms with Crippen molar-refractivity contribution in [3.8, 4) is 5.75 Å². The van der Waals surface area contributed by atoms with Crippen LogP contribution >= 0.6 is 15.9 Å². The number of hydrogen-bond acceptors (Lipinski definition) is 2. The van der Waals surface area contributed by atoms with Crippen LogP contribution in [0.3, 0.4) is 0 Å². The zero-order valence-electron chi connectivity index (χ0n) is 17.3. The lowest BCUT2D eigenvalue weighted by atomic mass is 10.1. The number of hydrogen-bond donors (Lipinski definition) is 0. The lowest BCUT2D eigenvalue weighted by Gasteiger charge is -2.36. The van der Waals surface area contributed by atoms with Gasteiger partial charge in [0.25, 0.3) is 0 Å². The Morgan fingerprint density at radius 3 is 2.26 bits per heavy atom. The molecular weight excluding hydrogens is 416 g/mol. The summed E-state index contributed by atoms with van der Waals surface area (Å²) in [6, 6.07) is 16.7. The van der Waals surface area contributed by atoms with Crippen molar-refractivity contribution in [2.75, 3.05) is 6.61 Å². The minimum atomic E-state index is -1.60. The van der Waals surface area contributed by atoms with Gasteiger partial charge in [0.1, 0.15) is 12.4 Å². The van der Waals surface area contributed by atoms with Gasteiger partial charge in [-0.25, -0.2) is 0 Å². The monoisotopic (exact) mass is 448 g/mol. The minimum absolute atomic E-state index is 0.290. The third kappa shape index (κ3) is 7.44. The van der Waals surface area contributed by atoms with Gasteiger partial charge in [-0.05, 0) is 72.8 Å². The Morgan fingerprint density at radius 2 is 1.63 bits per heavy atom. The van der Waals surface area contributed by atoms with Gasteiger partial charge in [0.15, 0.2) is 8.32 Å². The molecule has 0 atom stereocenters. The van der Waals surface area contributed by atoms with Crippen molar-refractivity contribution < 1.29 is 9.16 Å². The average molecular weight is 450 g/mol. The molecule has 2 aromatic carbocycles. The summed E-state index contributed by atoms with van der Waals surface area (Å²) in [5.41, 5.74) is 2.52. The number of ether oxygens (including phenoxy) is 1. The van der Waals surface area contributed by atoms with E-state index < -0.39 is 8.32 Å². The van der Waals surface area contributed by atoms with Crippen LogP contribution in [0.2, 0.25) is 18.1 Å². The van der Waals surface area contributed by atoms with Crippen LogP contribution in [0.1, 0.15) is 44.7 Å². The molecule has 0 aliphatic heterocycles. The van der Waals surface area contributed by atoms with Crippen LogP contribution in [0, 0.1) is 0 Å². The molecule has 4 heteroatoms. The van der Waals surface area contributed by atoms with Gasteiger partial charge in [-0.15, -0.1) is 0 Å². The zero-order valence-corrected chi connectivity index (χ0v) is 19.9. The molecule has 0 saturated heterocycles.